The molecule has 1 aromatic heterocycles. The Morgan fingerprint density at radius 1 is 1.35 bits per heavy atom. The van der Waals surface area contributed by atoms with Gasteiger partial charge in [-0.15, -0.1) is 10.2 Å². The highest BCUT2D eigenvalue weighted by molar-refractivity contribution is 7.99. The number of carboxylic acids is 1. The van der Waals surface area contributed by atoms with E-state index in [4.69, 9.17) is 9.52 Å². The lowest BCUT2D eigenvalue weighted by Crippen LogP contribution is -2.09. The first-order valence-electron chi connectivity index (χ1n) is 5.91. The second-order valence-electron chi connectivity index (χ2n) is 4.35. The summed E-state index contributed by atoms with van der Waals surface area (Å²) < 4.78 is 5.41. The lowest BCUT2D eigenvalue weighted by molar-refractivity contribution is -0.133. The zero-order valence-electron chi connectivity index (χ0n) is 9.59. The highest BCUT2D eigenvalue weighted by Gasteiger charge is 2.17. The van der Waals surface area contributed by atoms with E-state index in [1.54, 1.807) is 0 Å². The van der Waals surface area contributed by atoms with Crippen LogP contribution in [0.25, 0.3) is 0 Å². The van der Waals surface area contributed by atoms with Crippen molar-refractivity contribution in [3.63, 3.8) is 0 Å². The van der Waals surface area contributed by atoms with Crippen LogP contribution in [0.3, 0.4) is 0 Å². The molecule has 2 rings (SSSR count). The minimum Gasteiger partial charge on any atom is -0.481 e. The number of hydrogen-bond donors (Lipinski definition) is 1. The molecule has 0 spiro atoms. The van der Waals surface area contributed by atoms with Crippen molar-refractivity contribution in [3.05, 3.63) is 5.89 Å². The minimum atomic E-state index is -0.873. The summed E-state index contributed by atoms with van der Waals surface area (Å²) >= 11 is 1.07. The topological polar surface area (TPSA) is 76.2 Å². The fourth-order valence-corrected chi connectivity index (χ4v) is 2.64. The van der Waals surface area contributed by atoms with E-state index >= 15 is 0 Å². The van der Waals surface area contributed by atoms with Crippen LogP contribution in [0.15, 0.2) is 9.64 Å². The van der Waals surface area contributed by atoms with Gasteiger partial charge in [-0.25, -0.2) is 0 Å². The highest BCUT2D eigenvalue weighted by Crippen LogP contribution is 2.27. The van der Waals surface area contributed by atoms with E-state index in [-0.39, 0.29) is 5.75 Å². The van der Waals surface area contributed by atoms with Crippen molar-refractivity contribution in [2.45, 2.75) is 43.7 Å². The normalized spacial score (nSPS) is 17.2. The standard InChI is InChI=1S/C11H16N2O3S/c14-10(15)7-17-11-13-12-9(16-11)6-8-4-2-1-3-5-8/h8H,1-7H2,(H,14,15). The Morgan fingerprint density at radius 2 is 2.12 bits per heavy atom. The van der Waals surface area contributed by atoms with Crippen molar-refractivity contribution < 1.29 is 14.3 Å². The molecule has 0 aliphatic heterocycles. The Kier molecular flexibility index (Phi) is 4.42. The van der Waals surface area contributed by atoms with E-state index < -0.39 is 5.97 Å². The van der Waals surface area contributed by atoms with Gasteiger partial charge in [0, 0.05) is 6.42 Å². The maximum Gasteiger partial charge on any atom is 0.314 e. The average molecular weight is 256 g/mol. The van der Waals surface area contributed by atoms with Gasteiger partial charge >= 0.3 is 5.97 Å². The second kappa shape index (κ2) is 6.05. The van der Waals surface area contributed by atoms with E-state index in [9.17, 15) is 4.79 Å². The molecule has 6 heteroatoms. The van der Waals surface area contributed by atoms with Gasteiger partial charge in [-0.2, -0.15) is 0 Å². The second-order valence-corrected chi connectivity index (χ2v) is 5.28. The molecule has 0 aromatic carbocycles. The molecule has 0 atom stereocenters. The third-order valence-electron chi connectivity index (χ3n) is 2.96. The Balaban J connectivity index is 1.82. The van der Waals surface area contributed by atoms with Crippen molar-refractivity contribution in [2.24, 2.45) is 5.92 Å². The lowest BCUT2D eigenvalue weighted by atomic mass is 9.87. The van der Waals surface area contributed by atoms with Crippen molar-refractivity contribution >= 4 is 17.7 Å². The van der Waals surface area contributed by atoms with Crippen LogP contribution in [0.2, 0.25) is 0 Å². The molecule has 94 valence electrons. The van der Waals surface area contributed by atoms with Crippen LogP contribution < -0.4 is 0 Å². The van der Waals surface area contributed by atoms with Gasteiger partial charge in [0.05, 0.1) is 0 Å². The molecule has 1 aliphatic carbocycles. The van der Waals surface area contributed by atoms with Gasteiger partial charge in [-0.3, -0.25) is 4.79 Å². The van der Waals surface area contributed by atoms with Gasteiger partial charge in [0.2, 0.25) is 5.89 Å². The number of nitrogens with zero attached hydrogens (tertiary/aromatic N) is 2. The van der Waals surface area contributed by atoms with Crippen LogP contribution in [0.1, 0.15) is 38.0 Å². The summed E-state index contributed by atoms with van der Waals surface area (Å²) in [4.78, 5) is 10.4. The Labute approximate surface area is 104 Å². The molecule has 1 aliphatic rings. The molecular formula is C11H16N2O3S. The molecule has 1 fully saturated rings. The number of aromatic nitrogens is 2. The summed E-state index contributed by atoms with van der Waals surface area (Å²) in [5.41, 5.74) is 0. The van der Waals surface area contributed by atoms with Gasteiger partial charge in [0.1, 0.15) is 5.75 Å². The third kappa shape index (κ3) is 4.03. The molecular weight excluding hydrogens is 240 g/mol. The maximum absolute atomic E-state index is 10.4. The fraction of sp³-hybridized carbons (Fsp3) is 0.727. The molecule has 1 saturated carbocycles. The van der Waals surface area contributed by atoms with Crippen LogP contribution in [0.4, 0.5) is 0 Å². The van der Waals surface area contributed by atoms with Crippen molar-refractivity contribution in [1.29, 1.82) is 0 Å². The molecule has 0 radical (unpaired) electrons. The molecule has 0 saturated heterocycles. The van der Waals surface area contributed by atoms with Crippen LogP contribution in [0, 0.1) is 5.92 Å². The van der Waals surface area contributed by atoms with Gasteiger partial charge < -0.3 is 9.52 Å². The molecule has 17 heavy (non-hydrogen) atoms. The summed E-state index contributed by atoms with van der Waals surface area (Å²) in [5, 5.41) is 16.7. The highest BCUT2D eigenvalue weighted by atomic mass is 32.2. The number of rotatable bonds is 5. The molecule has 1 heterocycles. The van der Waals surface area contributed by atoms with E-state index in [1.807, 2.05) is 0 Å². The fourth-order valence-electron chi connectivity index (χ4n) is 2.14. The quantitative estimate of drug-likeness (QED) is 0.815. The molecule has 0 bridgehead atoms. The maximum atomic E-state index is 10.4. The van der Waals surface area contributed by atoms with E-state index in [1.165, 1.54) is 32.1 Å². The molecule has 1 aromatic rings. The van der Waals surface area contributed by atoms with Crippen LogP contribution in [0.5, 0.6) is 0 Å². The molecule has 1 N–H and O–H groups in total. The van der Waals surface area contributed by atoms with Crippen LogP contribution in [-0.4, -0.2) is 27.0 Å². The van der Waals surface area contributed by atoms with Gasteiger partial charge in [0.15, 0.2) is 0 Å². The summed E-state index contributed by atoms with van der Waals surface area (Å²) in [6.07, 6.45) is 7.22. The Bertz CT molecular complexity index is 375. The van der Waals surface area contributed by atoms with Crippen molar-refractivity contribution in [3.8, 4) is 0 Å². The first kappa shape index (κ1) is 12.4. The zero-order valence-corrected chi connectivity index (χ0v) is 10.4. The summed E-state index contributed by atoms with van der Waals surface area (Å²) in [6, 6.07) is 0. The Morgan fingerprint density at radius 3 is 2.82 bits per heavy atom. The molecule has 5 nitrogen and oxygen atoms in total. The predicted molar refractivity (Wildman–Crippen MR) is 62.9 cm³/mol. The third-order valence-corrected chi connectivity index (χ3v) is 3.76. The van der Waals surface area contributed by atoms with E-state index in [0.717, 1.165) is 18.2 Å². The van der Waals surface area contributed by atoms with Crippen LogP contribution in [-0.2, 0) is 11.2 Å². The smallest absolute Gasteiger partial charge is 0.314 e. The summed E-state index contributed by atoms with van der Waals surface area (Å²) in [7, 11) is 0. The Hall–Kier alpha value is -1.04. The molecule has 0 unspecified atom stereocenters. The summed E-state index contributed by atoms with van der Waals surface area (Å²) in [5.74, 6) is 0.388. The van der Waals surface area contributed by atoms with Crippen molar-refractivity contribution in [2.75, 3.05) is 5.75 Å². The predicted octanol–water partition coefficient (Wildman–Crippen LogP) is 2.37. The largest absolute Gasteiger partial charge is 0.481 e. The number of carboxylic acid groups (broad SMARTS) is 1. The van der Waals surface area contributed by atoms with Crippen molar-refractivity contribution in [1.82, 2.24) is 10.2 Å². The van der Waals surface area contributed by atoms with Gasteiger partial charge in [-0.1, -0.05) is 31.0 Å². The average Bonchev–Trinajstić information content (AvgIpc) is 2.75. The first-order valence-corrected chi connectivity index (χ1v) is 6.89. The monoisotopic (exact) mass is 256 g/mol. The SMILES string of the molecule is O=C(O)CSc1nnc(CC2CCCCC2)o1. The number of hydrogen-bond acceptors (Lipinski definition) is 5. The van der Waals surface area contributed by atoms with Gasteiger partial charge in [-0.05, 0) is 18.8 Å². The van der Waals surface area contributed by atoms with E-state index in [2.05, 4.69) is 10.2 Å². The minimum absolute atomic E-state index is 0.0366. The number of aliphatic carboxylic acids is 1. The molecule has 0 amide bonds. The van der Waals surface area contributed by atoms with E-state index in [0.29, 0.717) is 17.0 Å². The zero-order chi connectivity index (χ0) is 12.1. The number of thioether (sulfide) groups is 1. The summed E-state index contributed by atoms with van der Waals surface area (Å²) in [6.45, 7) is 0. The number of carbonyl (C=O) groups is 1. The lowest BCUT2D eigenvalue weighted by Gasteiger charge is -2.19. The first-order chi connectivity index (χ1) is 8.24. The van der Waals surface area contributed by atoms with Gasteiger partial charge in [0.25, 0.3) is 5.22 Å². The van der Waals surface area contributed by atoms with Crippen LogP contribution >= 0.6 is 11.8 Å².